The van der Waals surface area contributed by atoms with Gasteiger partial charge >= 0.3 is 0 Å². The van der Waals surface area contributed by atoms with Gasteiger partial charge in [0.15, 0.2) is 0 Å². The van der Waals surface area contributed by atoms with E-state index in [0.717, 1.165) is 30.9 Å². The Kier molecular flexibility index (Phi) is 3.69. The van der Waals surface area contributed by atoms with Gasteiger partial charge in [-0.3, -0.25) is 4.98 Å². The first-order valence-corrected chi connectivity index (χ1v) is 6.71. The number of hydrogen-bond acceptors (Lipinski definition) is 4. The summed E-state index contributed by atoms with van der Waals surface area (Å²) in [5, 5.41) is 12.6. The zero-order valence-electron chi connectivity index (χ0n) is 11.5. The zero-order chi connectivity index (χ0) is 13.8. The van der Waals surface area contributed by atoms with Gasteiger partial charge in [0.2, 0.25) is 0 Å². The third-order valence-corrected chi connectivity index (χ3v) is 3.36. The largest absolute Gasteiger partial charge is 0.321 e. The van der Waals surface area contributed by atoms with Crippen molar-refractivity contribution in [3.8, 4) is 0 Å². The average molecular weight is 267 g/mol. The number of hydrogen-bond donors (Lipinski definition) is 1. The first-order valence-electron chi connectivity index (χ1n) is 6.71. The van der Waals surface area contributed by atoms with Crippen molar-refractivity contribution >= 4 is 10.9 Å². The molecular formula is C15H17N5. The molecule has 5 heteroatoms. The topological polar surface area (TPSA) is 55.6 Å². The van der Waals surface area contributed by atoms with E-state index in [4.69, 9.17) is 0 Å². The van der Waals surface area contributed by atoms with Crippen molar-refractivity contribution in [3.63, 3.8) is 0 Å². The van der Waals surface area contributed by atoms with Crippen LogP contribution in [-0.4, -0.2) is 26.3 Å². The first-order chi connectivity index (χ1) is 9.84. The van der Waals surface area contributed by atoms with Crippen LogP contribution in [0.1, 0.15) is 11.4 Å². The molecule has 0 fully saturated rings. The van der Waals surface area contributed by atoms with Gasteiger partial charge in [-0.15, -0.1) is 10.2 Å². The summed E-state index contributed by atoms with van der Waals surface area (Å²) in [6.45, 7) is 1.68. The number of rotatable bonds is 5. The summed E-state index contributed by atoms with van der Waals surface area (Å²) in [6, 6.07) is 10.3. The molecule has 0 radical (unpaired) electrons. The van der Waals surface area contributed by atoms with Crippen LogP contribution in [-0.2, 0) is 20.0 Å². The van der Waals surface area contributed by atoms with E-state index in [0.29, 0.717) is 0 Å². The lowest BCUT2D eigenvalue weighted by Gasteiger charge is -2.07. The van der Waals surface area contributed by atoms with Crippen LogP contribution in [0, 0.1) is 0 Å². The molecule has 3 aromatic rings. The van der Waals surface area contributed by atoms with Crippen LogP contribution in [0.25, 0.3) is 10.9 Å². The van der Waals surface area contributed by atoms with Gasteiger partial charge in [0.05, 0.1) is 5.52 Å². The van der Waals surface area contributed by atoms with Crippen molar-refractivity contribution in [1.29, 1.82) is 0 Å². The fourth-order valence-corrected chi connectivity index (χ4v) is 2.27. The van der Waals surface area contributed by atoms with Crippen LogP contribution in [0.5, 0.6) is 0 Å². The third-order valence-electron chi connectivity index (χ3n) is 3.36. The van der Waals surface area contributed by atoms with Gasteiger partial charge in [-0.1, -0.05) is 24.3 Å². The number of fused-ring (bicyclic) bond motifs is 1. The fraction of sp³-hybridized carbons (Fsp3) is 0.267. The second-order valence-corrected chi connectivity index (χ2v) is 4.78. The van der Waals surface area contributed by atoms with Crippen LogP contribution < -0.4 is 5.32 Å². The minimum atomic E-state index is 0.812. The molecule has 20 heavy (non-hydrogen) atoms. The molecule has 0 saturated heterocycles. The standard InChI is InChI=1S/C15H17N5/c1-20-11-18-19-14(20)7-9-16-10-13-5-2-4-12-6-3-8-17-15(12)13/h2-6,8,11,16H,7,9-10H2,1H3. The van der Waals surface area contributed by atoms with Gasteiger partial charge in [-0.25, -0.2) is 0 Å². The van der Waals surface area contributed by atoms with Crippen molar-refractivity contribution in [2.75, 3.05) is 6.54 Å². The summed E-state index contributed by atoms with van der Waals surface area (Å²) in [7, 11) is 1.96. The molecule has 0 aliphatic rings. The zero-order valence-corrected chi connectivity index (χ0v) is 11.5. The Bertz CT molecular complexity index is 699. The molecule has 0 aliphatic carbocycles. The average Bonchev–Trinajstić information content (AvgIpc) is 2.89. The quantitative estimate of drug-likeness (QED) is 0.715. The van der Waals surface area contributed by atoms with Gasteiger partial charge < -0.3 is 9.88 Å². The Hall–Kier alpha value is -2.27. The van der Waals surface area contributed by atoms with E-state index in [-0.39, 0.29) is 0 Å². The van der Waals surface area contributed by atoms with E-state index >= 15 is 0 Å². The number of aromatic nitrogens is 4. The van der Waals surface area contributed by atoms with Crippen LogP contribution in [0.3, 0.4) is 0 Å². The molecule has 0 amide bonds. The highest BCUT2D eigenvalue weighted by Crippen LogP contribution is 2.15. The molecule has 1 N–H and O–H groups in total. The lowest BCUT2D eigenvalue weighted by atomic mass is 10.1. The minimum Gasteiger partial charge on any atom is -0.321 e. The number of benzene rings is 1. The second-order valence-electron chi connectivity index (χ2n) is 4.78. The molecule has 0 bridgehead atoms. The van der Waals surface area contributed by atoms with E-state index in [2.05, 4.69) is 44.8 Å². The second kappa shape index (κ2) is 5.79. The SMILES string of the molecule is Cn1cnnc1CCNCc1cccc2cccnc12. The van der Waals surface area contributed by atoms with E-state index in [1.54, 1.807) is 6.33 Å². The Labute approximate surface area is 117 Å². The van der Waals surface area contributed by atoms with Gasteiger partial charge in [0.25, 0.3) is 0 Å². The number of para-hydroxylation sites is 1. The summed E-state index contributed by atoms with van der Waals surface area (Å²) in [6.07, 6.45) is 4.43. The lowest BCUT2D eigenvalue weighted by Crippen LogP contribution is -2.18. The van der Waals surface area contributed by atoms with Gasteiger partial charge in [0, 0.05) is 38.1 Å². The predicted octanol–water partition coefficient (Wildman–Crippen LogP) is 1.70. The van der Waals surface area contributed by atoms with E-state index in [9.17, 15) is 0 Å². The van der Waals surface area contributed by atoms with Crippen molar-refractivity contribution < 1.29 is 0 Å². The summed E-state index contributed by atoms with van der Waals surface area (Å²) in [5.74, 6) is 0.994. The monoisotopic (exact) mass is 267 g/mol. The molecule has 1 aromatic carbocycles. The molecule has 2 aromatic heterocycles. The van der Waals surface area contributed by atoms with Crippen LogP contribution >= 0.6 is 0 Å². The maximum atomic E-state index is 4.46. The van der Waals surface area contributed by atoms with Crippen molar-refractivity contribution in [2.45, 2.75) is 13.0 Å². The summed E-state index contributed by atoms with van der Waals surface area (Å²) >= 11 is 0. The van der Waals surface area contributed by atoms with Crippen molar-refractivity contribution in [1.82, 2.24) is 25.1 Å². The van der Waals surface area contributed by atoms with E-state index in [1.807, 2.05) is 23.9 Å². The molecule has 102 valence electrons. The molecule has 0 spiro atoms. The Morgan fingerprint density at radius 2 is 2.10 bits per heavy atom. The van der Waals surface area contributed by atoms with E-state index < -0.39 is 0 Å². The molecule has 0 saturated carbocycles. The van der Waals surface area contributed by atoms with E-state index in [1.165, 1.54) is 10.9 Å². The Morgan fingerprint density at radius 3 is 2.95 bits per heavy atom. The molecule has 3 rings (SSSR count). The number of nitrogens with one attached hydrogen (secondary N) is 1. The summed E-state index contributed by atoms with van der Waals surface area (Å²) < 4.78 is 1.95. The minimum absolute atomic E-state index is 0.812. The Balaban J connectivity index is 1.62. The lowest BCUT2D eigenvalue weighted by molar-refractivity contribution is 0.655. The first kappa shape index (κ1) is 12.7. The van der Waals surface area contributed by atoms with Crippen molar-refractivity contribution in [2.24, 2.45) is 7.05 Å². The third kappa shape index (κ3) is 2.67. The Morgan fingerprint density at radius 1 is 1.20 bits per heavy atom. The molecule has 0 atom stereocenters. The highest BCUT2D eigenvalue weighted by molar-refractivity contribution is 5.81. The highest BCUT2D eigenvalue weighted by atomic mass is 15.2. The van der Waals surface area contributed by atoms with Gasteiger partial charge in [-0.2, -0.15) is 0 Å². The molecule has 0 aliphatic heterocycles. The molecule has 0 unspecified atom stereocenters. The van der Waals surface area contributed by atoms with Crippen LogP contribution in [0.2, 0.25) is 0 Å². The number of pyridine rings is 1. The van der Waals surface area contributed by atoms with Gasteiger partial charge in [0.1, 0.15) is 12.2 Å². The normalized spacial score (nSPS) is 11.1. The molecule has 5 nitrogen and oxygen atoms in total. The fourth-order valence-electron chi connectivity index (χ4n) is 2.27. The predicted molar refractivity (Wildman–Crippen MR) is 78.2 cm³/mol. The molecule has 2 heterocycles. The van der Waals surface area contributed by atoms with Gasteiger partial charge in [-0.05, 0) is 11.6 Å². The maximum Gasteiger partial charge on any atom is 0.133 e. The maximum absolute atomic E-state index is 4.46. The van der Waals surface area contributed by atoms with Crippen LogP contribution in [0.4, 0.5) is 0 Å². The van der Waals surface area contributed by atoms with Crippen molar-refractivity contribution in [3.05, 3.63) is 54.2 Å². The number of aryl methyl sites for hydroxylation is 1. The van der Waals surface area contributed by atoms with Crippen LogP contribution in [0.15, 0.2) is 42.9 Å². The highest BCUT2D eigenvalue weighted by Gasteiger charge is 2.02. The summed E-state index contributed by atoms with van der Waals surface area (Å²) in [5.41, 5.74) is 2.29. The summed E-state index contributed by atoms with van der Waals surface area (Å²) in [4.78, 5) is 4.46. The number of nitrogens with zero attached hydrogens (tertiary/aromatic N) is 4. The molecular weight excluding hydrogens is 250 g/mol. The smallest absolute Gasteiger partial charge is 0.133 e.